The van der Waals surface area contributed by atoms with E-state index in [-0.39, 0.29) is 16.3 Å². The van der Waals surface area contributed by atoms with Crippen molar-refractivity contribution >= 4 is 29.2 Å². The molecule has 0 saturated heterocycles. The molecule has 7 heteroatoms. The van der Waals surface area contributed by atoms with Crippen LogP contribution in [0.5, 0.6) is 0 Å². The molecule has 0 fully saturated rings. The molecule has 1 amide bonds. The summed E-state index contributed by atoms with van der Waals surface area (Å²) in [6.07, 6.45) is -0.405. The molecule has 0 aliphatic heterocycles. The van der Waals surface area contributed by atoms with Crippen LogP contribution in [0.25, 0.3) is 0 Å². The number of carbonyl (C=O) groups excluding carboxylic acids is 2. The number of hydrogen-bond acceptors (Lipinski definition) is 3. The number of halogens is 3. The van der Waals surface area contributed by atoms with Gasteiger partial charge in [-0.3, -0.25) is 9.59 Å². The Bertz CT molecular complexity index is 760. The number of aryl methyl sites for hydroxylation is 1. The van der Waals surface area contributed by atoms with Crippen molar-refractivity contribution in [3.05, 3.63) is 64.2 Å². The van der Waals surface area contributed by atoms with Gasteiger partial charge in [0.2, 0.25) is 0 Å². The van der Waals surface area contributed by atoms with E-state index in [0.717, 1.165) is 0 Å². The zero-order valence-corrected chi connectivity index (χ0v) is 13.5. The Balaban J connectivity index is 1.88. The third kappa shape index (κ3) is 4.76. The molecule has 4 nitrogen and oxygen atoms in total. The molecule has 126 valence electrons. The highest BCUT2D eigenvalue weighted by atomic mass is 35.5. The first-order chi connectivity index (χ1) is 11.4. The Morgan fingerprint density at radius 2 is 1.92 bits per heavy atom. The van der Waals surface area contributed by atoms with Crippen molar-refractivity contribution in [2.45, 2.75) is 13.3 Å². The maximum atomic E-state index is 13.6. The summed E-state index contributed by atoms with van der Waals surface area (Å²) in [5, 5.41) is 2.38. The molecule has 0 aliphatic rings. The van der Waals surface area contributed by atoms with Gasteiger partial charge in [0.05, 0.1) is 12.1 Å². The number of ether oxygens (including phenoxy) is 1. The molecule has 2 aromatic rings. The van der Waals surface area contributed by atoms with Gasteiger partial charge in [0.25, 0.3) is 5.91 Å². The molecule has 0 aliphatic carbocycles. The fourth-order valence-corrected chi connectivity index (χ4v) is 2.18. The summed E-state index contributed by atoms with van der Waals surface area (Å²) in [6, 6.07) is 8.33. The molecule has 0 spiro atoms. The van der Waals surface area contributed by atoms with Crippen LogP contribution in [0.2, 0.25) is 5.02 Å². The van der Waals surface area contributed by atoms with Crippen molar-refractivity contribution in [2.75, 3.05) is 11.9 Å². The standard InChI is InChI=1S/C17H14ClF2NO3/c1-10-5-6-15(14(20)7-10)21-16(22)9-24-17(23)8-11-12(18)3-2-4-13(11)19/h2-7H,8-9H2,1H3,(H,21,22). The van der Waals surface area contributed by atoms with Gasteiger partial charge in [-0.25, -0.2) is 8.78 Å². The predicted octanol–water partition coefficient (Wildman–Crippen LogP) is 3.65. The molecule has 0 atom stereocenters. The number of rotatable bonds is 5. The number of benzene rings is 2. The minimum absolute atomic E-state index is 0.00541. The first kappa shape index (κ1) is 17.9. The average Bonchev–Trinajstić information content (AvgIpc) is 2.52. The normalized spacial score (nSPS) is 10.3. The van der Waals surface area contributed by atoms with E-state index < -0.39 is 36.5 Å². The van der Waals surface area contributed by atoms with Crippen LogP contribution < -0.4 is 5.32 Å². The smallest absolute Gasteiger partial charge is 0.310 e. The van der Waals surface area contributed by atoms with Gasteiger partial charge in [0.1, 0.15) is 11.6 Å². The number of anilines is 1. The van der Waals surface area contributed by atoms with Crippen molar-refractivity contribution in [1.82, 2.24) is 0 Å². The Labute approximate surface area is 142 Å². The first-order valence-corrected chi connectivity index (χ1v) is 7.39. The van der Waals surface area contributed by atoms with E-state index >= 15 is 0 Å². The largest absolute Gasteiger partial charge is 0.455 e. The molecule has 2 aromatic carbocycles. The summed E-state index contributed by atoms with van der Waals surface area (Å²) in [7, 11) is 0. The van der Waals surface area contributed by atoms with Crippen molar-refractivity contribution in [3.63, 3.8) is 0 Å². The summed E-state index contributed by atoms with van der Waals surface area (Å²) in [6.45, 7) is 1.10. The molecular weight excluding hydrogens is 340 g/mol. The second-order valence-corrected chi connectivity index (χ2v) is 5.48. The lowest BCUT2D eigenvalue weighted by Gasteiger charge is -2.09. The molecule has 2 rings (SSSR count). The van der Waals surface area contributed by atoms with Crippen molar-refractivity contribution in [1.29, 1.82) is 0 Å². The van der Waals surface area contributed by atoms with E-state index in [1.807, 2.05) is 0 Å². The van der Waals surface area contributed by atoms with Gasteiger partial charge >= 0.3 is 5.97 Å². The van der Waals surface area contributed by atoms with Crippen molar-refractivity contribution in [3.8, 4) is 0 Å². The number of amides is 1. The fourth-order valence-electron chi connectivity index (χ4n) is 1.95. The molecule has 0 radical (unpaired) electrons. The number of esters is 1. The van der Waals surface area contributed by atoms with Crippen LogP contribution in [-0.2, 0) is 20.7 Å². The molecule has 0 heterocycles. The molecule has 1 N–H and O–H groups in total. The van der Waals surface area contributed by atoms with Gasteiger partial charge in [-0.2, -0.15) is 0 Å². The van der Waals surface area contributed by atoms with Crippen molar-refractivity contribution < 1.29 is 23.1 Å². The van der Waals surface area contributed by atoms with Gasteiger partial charge < -0.3 is 10.1 Å². The van der Waals surface area contributed by atoms with Crippen LogP contribution >= 0.6 is 11.6 Å². The van der Waals surface area contributed by atoms with E-state index in [4.69, 9.17) is 16.3 Å². The van der Waals surface area contributed by atoms with Crippen LogP contribution in [0, 0.1) is 18.6 Å². The summed E-state index contributed by atoms with van der Waals surface area (Å²) in [4.78, 5) is 23.4. The minimum Gasteiger partial charge on any atom is -0.455 e. The molecule has 0 saturated carbocycles. The average molecular weight is 354 g/mol. The van der Waals surface area contributed by atoms with Crippen LogP contribution in [0.4, 0.5) is 14.5 Å². The predicted molar refractivity (Wildman–Crippen MR) is 85.8 cm³/mol. The molecule has 0 aromatic heterocycles. The number of hydrogen-bond donors (Lipinski definition) is 1. The van der Waals surface area contributed by atoms with Crippen LogP contribution in [0.3, 0.4) is 0 Å². The van der Waals surface area contributed by atoms with E-state index in [2.05, 4.69) is 5.32 Å². The Hall–Kier alpha value is -2.47. The van der Waals surface area contributed by atoms with Gasteiger partial charge in [0, 0.05) is 10.6 Å². The first-order valence-electron chi connectivity index (χ1n) is 7.01. The van der Waals surface area contributed by atoms with Crippen LogP contribution in [-0.4, -0.2) is 18.5 Å². The van der Waals surface area contributed by atoms with Crippen molar-refractivity contribution in [2.24, 2.45) is 0 Å². The summed E-state index contributed by atoms with van der Waals surface area (Å²) in [5.74, 6) is -2.74. The van der Waals surface area contributed by atoms with Gasteiger partial charge in [0.15, 0.2) is 6.61 Å². The van der Waals surface area contributed by atoms with E-state index in [0.29, 0.717) is 5.56 Å². The Morgan fingerprint density at radius 1 is 1.17 bits per heavy atom. The quantitative estimate of drug-likeness (QED) is 0.835. The highest BCUT2D eigenvalue weighted by Crippen LogP contribution is 2.20. The highest BCUT2D eigenvalue weighted by molar-refractivity contribution is 6.31. The lowest BCUT2D eigenvalue weighted by atomic mass is 10.1. The number of carbonyl (C=O) groups is 2. The molecule has 24 heavy (non-hydrogen) atoms. The monoisotopic (exact) mass is 353 g/mol. The van der Waals surface area contributed by atoms with Crippen LogP contribution in [0.1, 0.15) is 11.1 Å². The Kier molecular flexibility index (Phi) is 5.87. The third-order valence-electron chi connectivity index (χ3n) is 3.15. The highest BCUT2D eigenvalue weighted by Gasteiger charge is 2.15. The molecule has 0 bridgehead atoms. The van der Waals surface area contributed by atoms with E-state index in [9.17, 15) is 18.4 Å². The fraction of sp³-hybridized carbons (Fsp3) is 0.176. The van der Waals surface area contributed by atoms with Gasteiger partial charge in [-0.05, 0) is 36.8 Å². The summed E-state index contributed by atoms with van der Waals surface area (Å²) in [5.41, 5.74) is 0.687. The zero-order chi connectivity index (χ0) is 17.7. The maximum Gasteiger partial charge on any atom is 0.310 e. The van der Waals surface area contributed by atoms with Gasteiger partial charge in [-0.1, -0.05) is 23.7 Å². The topological polar surface area (TPSA) is 55.4 Å². The van der Waals surface area contributed by atoms with Crippen LogP contribution in [0.15, 0.2) is 36.4 Å². The maximum absolute atomic E-state index is 13.6. The third-order valence-corrected chi connectivity index (χ3v) is 3.50. The van der Waals surface area contributed by atoms with E-state index in [1.165, 1.54) is 30.3 Å². The summed E-state index contributed by atoms with van der Waals surface area (Å²) < 4.78 is 31.9. The number of nitrogens with one attached hydrogen (secondary N) is 1. The summed E-state index contributed by atoms with van der Waals surface area (Å²) >= 11 is 5.81. The second kappa shape index (κ2) is 7.88. The molecular formula is C17H14ClF2NO3. The lowest BCUT2D eigenvalue weighted by Crippen LogP contribution is -2.22. The second-order valence-electron chi connectivity index (χ2n) is 5.07. The zero-order valence-electron chi connectivity index (χ0n) is 12.7. The minimum atomic E-state index is -0.818. The molecule has 0 unspecified atom stereocenters. The lowest BCUT2D eigenvalue weighted by molar-refractivity contribution is -0.146. The SMILES string of the molecule is Cc1ccc(NC(=O)COC(=O)Cc2c(F)cccc2Cl)c(F)c1. The van der Waals surface area contributed by atoms with Gasteiger partial charge in [-0.15, -0.1) is 0 Å². The van der Waals surface area contributed by atoms with E-state index in [1.54, 1.807) is 13.0 Å². The Morgan fingerprint density at radius 3 is 2.58 bits per heavy atom.